The van der Waals surface area contributed by atoms with Crippen molar-refractivity contribution in [1.29, 1.82) is 0 Å². The third kappa shape index (κ3) is 10.5. The van der Waals surface area contributed by atoms with Crippen LogP contribution in [0.25, 0.3) is 0 Å². The molecule has 0 aliphatic carbocycles. The molecule has 0 saturated carbocycles. The lowest BCUT2D eigenvalue weighted by Crippen LogP contribution is -2.52. The molecule has 0 spiro atoms. The lowest BCUT2D eigenvalue weighted by atomic mass is 10.00. The van der Waals surface area contributed by atoms with Gasteiger partial charge in [-0.05, 0) is 48.4 Å². The molecule has 2 atom stereocenters. The van der Waals surface area contributed by atoms with Crippen molar-refractivity contribution >= 4 is 29.5 Å². The van der Waals surface area contributed by atoms with Crippen LogP contribution in [-0.2, 0) is 33.1 Å². The van der Waals surface area contributed by atoms with Crippen LogP contribution in [0.2, 0.25) is 0 Å². The SMILES string of the molecule is CC(C)C[C@H](NC(=O)OCc1ccccc1)C(=O)N[C@@H](CCc1ccccc1)C(=O)CSCc1ccco1. The molecule has 38 heavy (non-hydrogen) atoms. The number of carbonyl (C=O) groups is 3. The molecule has 0 fully saturated rings. The maximum Gasteiger partial charge on any atom is 0.408 e. The molecule has 3 rings (SSSR count). The van der Waals surface area contributed by atoms with Crippen LogP contribution in [0.15, 0.2) is 83.5 Å². The number of Topliss-reactive ketones (excluding diaryl/α,β-unsaturated/α-hetero) is 1. The molecular formula is C30H36N2O5S. The van der Waals surface area contributed by atoms with E-state index in [0.717, 1.165) is 16.9 Å². The summed E-state index contributed by atoms with van der Waals surface area (Å²) in [7, 11) is 0. The fourth-order valence-corrected chi connectivity index (χ4v) is 4.77. The van der Waals surface area contributed by atoms with Crippen LogP contribution >= 0.6 is 11.8 Å². The number of ketones is 1. The minimum atomic E-state index is -0.818. The van der Waals surface area contributed by atoms with Crippen molar-refractivity contribution in [2.75, 3.05) is 5.75 Å². The maximum absolute atomic E-state index is 13.3. The van der Waals surface area contributed by atoms with E-state index in [-0.39, 0.29) is 24.1 Å². The van der Waals surface area contributed by atoms with E-state index in [0.29, 0.717) is 25.0 Å². The third-order valence-electron chi connectivity index (χ3n) is 5.87. The van der Waals surface area contributed by atoms with Crippen LogP contribution in [0.1, 0.15) is 43.6 Å². The number of aryl methyl sites for hydroxylation is 1. The van der Waals surface area contributed by atoms with Gasteiger partial charge in [-0.25, -0.2) is 4.79 Å². The van der Waals surface area contributed by atoms with Crippen LogP contribution < -0.4 is 10.6 Å². The van der Waals surface area contributed by atoms with E-state index in [1.54, 1.807) is 6.26 Å². The van der Waals surface area contributed by atoms with E-state index in [9.17, 15) is 14.4 Å². The fourth-order valence-electron chi connectivity index (χ4n) is 3.90. The quantitative estimate of drug-likeness (QED) is 0.265. The highest BCUT2D eigenvalue weighted by Crippen LogP contribution is 2.15. The van der Waals surface area contributed by atoms with Gasteiger partial charge in [0.05, 0.1) is 23.8 Å². The first kappa shape index (κ1) is 29.0. The van der Waals surface area contributed by atoms with Gasteiger partial charge in [-0.3, -0.25) is 9.59 Å². The Kier molecular flexibility index (Phi) is 12.0. The molecule has 7 nitrogen and oxygen atoms in total. The van der Waals surface area contributed by atoms with Crippen LogP contribution in [0.5, 0.6) is 0 Å². The van der Waals surface area contributed by atoms with Gasteiger partial charge in [-0.1, -0.05) is 74.5 Å². The normalized spacial score (nSPS) is 12.5. The Balaban J connectivity index is 1.61. The number of rotatable bonds is 15. The largest absolute Gasteiger partial charge is 0.468 e. The second kappa shape index (κ2) is 15.7. The Bertz CT molecular complexity index is 1120. The first-order valence-electron chi connectivity index (χ1n) is 12.8. The summed E-state index contributed by atoms with van der Waals surface area (Å²) in [6.07, 6.45) is 2.45. The van der Waals surface area contributed by atoms with Crippen molar-refractivity contribution in [3.05, 3.63) is 95.9 Å². The Labute approximate surface area is 228 Å². The second-order valence-electron chi connectivity index (χ2n) is 9.51. The van der Waals surface area contributed by atoms with Crippen LogP contribution in [-0.4, -0.2) is 35.6 Å². The molecule has 3 aromatic rings. The summed E-state index contributed by atoms with van der Waals surface area (Å²) in [6, 6.07) is 21.4. The molecule has 2 aromatic carbocycles. The van der Waals surface area contributed by atoms with E-state index in [1.807, 2.05) is 86.6 Å². The summed E-state index contributed by atoms with van der Waals surface area (Å²) >= 11 is 1.45. The average Bonchev–Trinajstić information content (AvgIpc) is 3.44. The summed E-state index contributed by atoms with van der Waals surface area (Å²) in [4.78, 5) is 39.0. The van der Waals surface area contributed by atoms with Crippen molar-refractivity contribution in [2.45, 2.75) is 57.6 Å². The first-order valence-corrected chi connectivity index (χ1v) is 14.0. The van der Waals surface area contributed by atoms with Crippen molar-refractivity contribution in [3.63, 3.8) is 0 Å². The average molecular weight is 537 g/mol. The zero-order valence-corrected chi connectivity index (χ0v) is 22.7. The Morgan fingerprint density at radius 2 is 1.55 bits per heavy atom. The lowest BCUT2D eigenvalue weighted by Gasteiger charge is -2.24. The highest BCUT2D eigenvalue weighted by Gasteiger charge is 2.27. The van der Waals surface area contributed by atoms with Crippen LogP contribution in [0, 0.1) is 5.92 Å². The van der Waals surface area contributed by atoms with Gasteiger partial charge in [0.1, 0.15) is 18.4 Å². The van der Waals surface area contributed by atoms with Gasteiger partial charge in [-0.15, -0.1) is 11.8 Å². The number of hydrogen-bond donors (Lipinski definition) is 2. The highest BCUT2D eigenvalue weighted by molar-refractivity contribution is 7.99. The van der Waals surface area contributed by atoms with E-state index < -0.39 is 24.1 Å². The molecule has 8 heteroatoms. The van der Waals surface area contributed by atoms with Crippen molar-refractivity contribution in [3.8, 4) is 0 Å². The molecule has 1 aromatic heterocycles. The number of nitrogens with one attached hydrogen (secondary N) is 2. The lowest BCUT2D eigenvalue weighted by molar-refractivity contribution is -0.128. The van der Waals surface area contributed by atoms with E-state index >= 15 is 0 Å². The smallest absolute Gasteiger partial charge is 0.408 e. The summed E-state index contributed by atoms with van der Waals surface area (Å²) in [5.74, 6) is 1.29. The summed E-state index contributed by atoms with van der Waals surface area (Å²) in [5, 5.41) is 5.62. The van der Waals surface area contributed by atoms with Crippen LogP contribution in [0.4, 0.5) is 4.79 Å². The molecular weight excluding hydrogens is 500 g/mol. The fraction of sp³-hybridized carbons (Fsp3) is 0.367. The molecule has 0 aliphatic rings. The Morgan fingerprint density at radius 1 is 0.868 bits per heavy atom. The molecule has 0 aliphatic heterocycles. The number of hydrogen-bond acceptors (Lipinski definition) is 6. The van der Waals surface area contributed by atoms with Crippen molar-refractivity contribution in [2.24, 2.45) is 5.92 Å². The second-order valence-corrected chi connectivity index (χ2v) is 10.5. The third-order valence-corrected chi connectivity index (χ3v) is 6.84. The predicted molar refractivity (Wildman–Crippen MR) is 150 cm³/mol. The van der Waals surface area contributed by atoms with Crippen molar-refractivity contribution < 1.29 is 23.5 Å². The number of ether oxygens (including phenoxy) is 1. The Hall–Kier alpha value is -3.52. The maximum atomic E-state index is 13.3. The minimum absolute atomic E-state index is 0.0687. The standard InChI is InChI=1S/C30H36N2O5S/c1-22(2)18-27(32-30(35)37-19-24-12-7-4-8-13-24)29(34)31-26(16-15-23-10-5-3-6-11-23)28(33)21-38-20-25-14-9-17-36-25/h3-14,17,22,26-27H,15-16,18-21H2,1-2H3,(H,31,34)(H,32,35)/t26-,27-/m0/s1. The number of amides is 2. The molecule has 0 bridgehead atoms. The zero-order chi connectivity index (χ0) is 27.2. The predicted octanol–water partition coefficient (Wildman–Crippen LogP) is 5.54. The Morgan fingerprint density at radius 3 is 2.18 bits per heavy atom. The number of furan rings is 1. The summed E-state index contributed by atoms with van der Waals surface area (Å²) < 4.78 is 10.7. The molecule has 0 unspecified atom stereocenters. The highest BCUT2D eigenvalue weighted by atomic mass is 32.2. The van der Waals surface area contributed by atoms with E-state index in [1.165, 1.54) is 11.8 Å². The van der Waals surface area contributed by atoms with E-state index in [2.05, 4.69) is 10.6 Å². The topological polar surface area (TPSA) is 97.6 Å². The van der Waals surface area contributed by atoms with Gasteiger partial charge in [-0.2, -0.15) is 0 Å². The molecule has 2 N–H and O–H groups in total. The molecule has 2 amide bonds. The van der Waals surface area contributed by atoms with Crippen molar-refractivity contribution in [1.82, 2.24) is 10.6 Å². The van der Waals surface area contributed by atoms with Gasteiger partial charge >= 0.3 is 6.09 Å². The van der Waals surface area contributed by atoms with Gasteiger partial charge in [0.2, 0.25) is 5.91 Å². The van der Waals surface area contributed by atoms with E-state index in [4.69, 9.17) is 9.15 Å². The summed E-state index contributed by atoms with van der Waals surface area (Å²) in [6.45, 7) is 4.05. The number of benzene rings is 2. The van der Waals surface area contributed by atoms with Gasteiger partial charge in [0.25, 0.3) is 0 Å². The van der Waals surface area contributed by atoms with Gasteiger partial charge in [0, 0.05) is 0 Å². The molecule has 0 saturated heterocycles. The number of alkyl carbamates (subject to hydrolysis) is 1. The van der Waals surface area contributed by atoms with Gasteiger partial charge < -0.3 is 19.8 Å². The van der Waals surface area contributed by atoms with Gasteiger partial charge in [0.15, 0.2) is 5.78 Å². The number of carbonyl (C=O) groups excluding carboxylic acids is 3. The summed E-state index contributed by atoms with van der Waals surface area (Å²) in [5.41, 5.74) is 1.94. The molecule has 1 heterocycles. The minimum Gasteiger partial charge on any atom is -0.468 e. The first-order chi connectivity index (χ1) is 18.4. The van der Waals surface area contributed by atoms with Crippen LogP contribution in [0.3, 0.4) is 0 Å². The molecule has 202 valence electrons. The number of thioether (sulfide) groups is 1. The zero-order valence-electron chi connectivity index (χ0n) is 21.9. The monoisotopic (exact) mass is 536 g/mol. The molecule has 0 radical (unpaired) electrons.